The maximum Gasteiger partial charge on any atom is 0.418 e. The molecule has 6 heteroatoms. The van der Waals surface area contributed by atoms with E-state index < -0.39 is 17.4 Å². The molecule has 0 aliphatic heterocycles. The van der Waals surface area contributed by atoms with Crippen molar-refractivity contribution >= 4 is 11.0 Å². The molecule has 0 fully saturated rings. The molecule has 15 heavy (non-hydrogen) atoms. The topological polar surface area (TPSA) is 37.8 Å². The zero-order chi connectivity index (χ0) is 11.2. The lowest BCUT2D eigenvalue weighted by atomic mass is 10.2. The predicted molar refractivity (Wildman–Crippen MR) is 48.5 cm³/mol. The Kier molecular flexibility index (Phi) is 1.89. The minimum absolute atomic E-state index is 0.169. The van der Waals surface area contributed by atoms with E-state index in [4.69, 9.17) is 0 Å². The number of nitrogens with one attached hydrogen (secondary N) is 1. The van der Waals surface area contributed by atoms with Gasteiger partial charge in [0.1, 0.15) is 0 Å². The average Bonchev–Trinajstić information content (AvgIpc) is 2.41. The molecule has 0 saturated carbocycles. The number of rotatable bonds is 0. The van der Waals surface area contributed by atoms with E-state index in [-0.39, 0.29) is 11.0 Å². The Morgan fingerprint density at radius 1 is 1.33 bits per heavy atom. The number of H-pyrrole nitrogens is 1. The monoisotopic (exact) mass is 216 g/mol. The summed E-state index contributed by atoms with van der Waals surface area (Å²) in [7, 11) is 1.42. The second-order valence-electron chi connectivity index (χ2n) is 3.19. The number of aromatic nitrogens is 2. The van der Waals surface area contributed by atoms with E-state index in [0.29, 0.717) is 0 Å². The van der Waals surface area contributed by atoms with Crippen molar-refractivity contribution in [3.05, 3.63) is 34.2 Å². The molecule has 80 valence electrons. The Hall–Kier alpha value is -1.72. The number of halogens is 3. The highest BCUT2D eigenvalue weighted by atomic mass is 19.4. The molecular formula is C9H7F3N2O. The van der Waals surface area contributed by atoms with Crippen LogP contribution in [-0.4, -0.2) is 9.55 Å². The van der Waals surface area contributed by atoms with Gasteiger partial charge in [-0.3, -0.25) is 4.57 Å². The molecule has 1 heterocycles. The number of hydrogen-bond acceptors (Lipinski definition) is 1. The fourth-order valence-electron chi connectivity index (χ4n) is 1.49. The number of aryl methyl sites for hydroxylation is 1. The number of para-hydroxylation sites is 1. The normalized spacial score (nSPS) is 12.3. The van der Waals surface area contributed by atoms with Crippen LogP contribution in [0.25, 0.3) is 11.0 Å². The van der Waals surface area contributed by atoms with E-state index in [9.17, 15) is 18.0 Å². The number of hydrogen-bond donors (Lipinski definition) is 1. The van der Waals surface area contributed by atoms with Crippen LogP contribution in [0.15, 0.2) is 23.0 Å². The second kappa shape index (κ2) is 2.88. The molecule has 0 atom stereocenters. The highest BCUT2D eigenvalue weighted by Gasteiger charge is 2.33. The predicted octanol–water partition coefficient (Wildman–Crippen LogP) is 1.89. The summed E-state index contributed by atoms with van der Waals surface area (Å²) in [6.45, 7) is 0. The first kappa shape index (κ1) is 9.82. The van der Waals surface area contributed by atoms with Crippen LogP contribution in [0, 0.1) is 0 Å². The van der Waals surface area contributed by atoms with Crippen LogP contribution in [0.2, 0.25) is 0 Å². The van der Waals surface area contributed by atoms with Crippen molar-refractivity contribution < 1.29 is 13.2 Å². The number of aromatic amines is 1. The zero-order valence-electron chi connectivity index (χ0n) is 7.72. The molecule has 0 saturated heterocycles. The summed E-state index contributed by atoms with van der Waals surface area (Å²) in [4.78, 5) is 13.3. The molecule has 0 aliphatic rings. The Balaban J connectivity index is 2.89. The van der Waals surface area contributed by atoms with Crippen LogP contribution in [-0.2, 0) is 13.2 Å². The molecule has 3 nitrogen and oxygen atoms in total. The van der Waals surface area contributed by atoms with Crippen LogP contribution < -0.4 is 5.69 Å². The Bertz CT molecular complexity index is 565. The van der Waals surface area contributed by atoms with Gasteiger partial charge in [0.25, 0.3) is 0 Å². The van der Waals surface area contributed by atoms with Crippen molar-refractivity contribution in [3.8, 4) is 0 Å². The van der Waals surface area contributed by atoms with Crippen molar-refractivity contribution in [1.82, 2.24) is 9.55 Å². The van der Waals surface area contributed by atoms with Gasteiger partial charge in [-0.15, -0.1) is 0 Å². The molecule has 2 rings (SSSR count). The summed E-state index contributed by atoms with van der Waals surface area (Å²) in [6, 6.07) is 3.68. The molecule has 1 N–H and O–H groups in total. The van der Waals surface area contributed by atoms with Crippen LogP contribution in [0.3, 0.4) is 0 Å². The molecule has 2 aromatic rings. The first-order valence-corrected chi connectivity index (χ1v) is 4.16. The lowest BCUT2D eigenvalue weighted by Crippen LogP contribution is -2.11. The van der Waals surface area contributed by atoms with Gasteiger partial charge < -0.3 is 4.98 Å². The maximum atomic E-state index is 12.5. The maximum absolute atomic E-state index is 12.5. The van der Waals surface area contributed by atoms with E-state index in [0.717, 1.165) is 10.6 Å². The van der Waals surface area contributed by atoms with Gasteiger partial charge in [-0.25, -0.2) is 4.79 Å². The van der Waals surface area contributed by atoms with Crippen molar-refractivity contribution in [3.63, 3.8) is 0 Å². The summed E-state index contributed by atoms with van der Waals surface area (Å²) in [5.41, 5.74) is -1.30. The first-order chi connectivity index (χ1) is 6.91. The summed E-state index contributed by atoms with van der Waals surface area (Å²) < 4.78 is 38.7. The molecule has 0 aliphatic carbocycles. The molecule has 1 aromatic heterocycles. The van der Waals surface area contributed by atoms with E-state index in [1.807, 2.05) is 0 Å². The summed E-state index contributed by atoms with van der Waals surface area (Å²) >= 11 is 0. The second-order valence-corrected chi connectivity index (χ2v) is 3.19. The lowest BCUT2D eigenvalue weighted by molar-refractivity contribution is -0.136. The molecule has 0 amide bonds. The molecule has 0 radical (unpaired) electrons. The van der Waals surface area contributed by atoms with Crippen LogP contribution in [0.5, 0.6) is 0 Å². The SMILES string of the molecule is Cn1c(=O)[nH]c2c(C(F)(F)F)cccc21. The standard InChI is InChI=1S/C9H7F3N2O/c1-14-6-4-2-3-5(9(10,11)12)7(6)13-8(14)15/h2-4H,1H3,(H,13,15). The zero-order valence-corrected chi connectivity index (χ0v) is 7.72. The molecular weight excluding hydrogens is 209 g/mol. The van der Waals surface area contributed by atoms with Crippen LogP contribution in [0.1, 0.15) is 5.56 Å². The molecule has 1 aromatic carbocycles. The van der Waals surface area contributed by atoms with Crippen LogP contribution >= 0.6 is 0 Å². The highest BCUT2D eigenvalue weighted by molar-refractivity contribution is 5.79. The van der Waals surface area contributed by atoms with Gasteiger partial charge in [0, 0.05) is 7.05 Å². The summed E-state index contributed by atoms with van der Waals surface area (Å²) in [5, 5.41) is 0. The van der Waals surface area contributed by atoms with Gasteiger partial charge in [0.2, 0.25) is 0 Å². The third-order valence-electron chi connectivity index (χ3n) is 2.25. The Morgan fingerprint density at radius 3 is 2.60 bits per heavy atom. The summed E-state index contributed by atoms with van der Waals surface area (Å²) in [5.74, 6) is 0. The highest BCUT2D eigenvalue weighted by Crippen LogP contribution is 2.33. The molecule has 0 bridgehead atoms. The van der Waals surface area contributed by atoms with E-state index in [2.05, 4.69) is 4.98 Å². The first-order valence-electron chi connectivity index (χ1n) is 4.16. The van der Waals surface area contributed by atoms with Crippen molar-refractivity contribution in [2.45, 2.75) is 6.18 Å². The van der Waals surface area contributed by atoms with Gasteiger partial charge in [-0.2, -0.15) is 13.2 Å². The smallest absolute Gasteiger partial charge is 0.305 e. The van der Waals surface area contributed by atoms with Gasteiger partial charge >= 0.3 is 11.9 Å². The van der Waals surface area contributed by atoms with Crippen molar-refractivity contribution in [2.75, 3.05) is 0 Å². The third-order valence-corrected chi connectivity index (χ3v) is 2.25. The van der Waals surface area contributed by atoms with Gasteiger partial charge in [0.15, 0.2) is 0 Å². The fraction of sp³-hybridized carbons (Fsp3) is 0.222. The Labute approximate surface area is 82.1 Å². The number of nitrogens with zero attached hydrogens (tertiary/aromatic N) is 1. The third kappa shape index (κ3) is 1.42. The average molecular weight is 216 g/mol. The van der Waals surface area contributed by atoms with Crippen molar-refractivity contribution in [2.24, 2.45) is 7.05 Å². The summed E-state index contributed by atoms with van der Waals surface area (Å²) in [6.07, 6.45) is -4.45. The van der Waals surface area contributed by atoms with Gasteiger partial charge in [-0.1, -0.05) is 6.07 Å². The minimum Gasteiger partial charge on any atom is -0.305 e. The fourth-order valence-corrected chi connectivity index (χ4v) is 1.49. The van der Waals surface area contributed by atoms with E-state index >= 15 is 0 Å². The van der Waals surface area contributed by atoms with Gasteiger partial charge in [-0.05, 0) is 12.1 Å². The number of imidazole rings is 1. The molecule has 0 spiro atoms. The van der Waals surface area contributed by atoms with Crippen molar-refractivity contribution in [1.29, 1.82) is 0 Å². The minimum atomic E-state index is -4.45. The van der Waals surface area contributed by atoms with E-state index in [1.165, 1.54) is 19.2 Å². The number of benzene rings is 1. The lowest BCUT2D eigenvalue weighted by Gasteiger charge is -2.06. The number of fused-ring (bicyclic) bond motifs is 1. The molecule has 0 unspecified atom stereocenters. The van der Waals surface area contributed by atoms with Gasteiger partial charge in [0.05, 0.1) is 16.6 Å². The largest absolute Gasteiger partial charge is 0.418 e. The van der Waals surface area contributed by atoms with Crippen LogP contribution in [0.4, 0.5) is 13.2 Å². The quantitative estimate of drug-likeness (QED) is 0.717. The van der Waals surface area contributed by atoms with E-state index in [1.54, 1.807) is 0 Å². The number of alkyl halides is 3. The Morgan fingerprint density at radius 2 is 2.00 bits per heavy atom.